The molecule has 14 heavy (non-hydrogen) atoms. The van der Waals surface area contributed by atoms with E-state index in [1.54, 1.807) is 6.92 Å². The molecule has 82 valence electrons. The summed E-state index contributed by atoms with van der Waals surface area (Å²) < 4.78 is 10.2. The fourth-order valence-electron chi connectivity index (χ4n) is 0.771. The Hall–Kier alpha value is -0.600. The first-order valence-electron chi connectivity index (χ1n) is 4.74. The third kappa shape index (κ3) is 9.49. The van der Waals surface area contributed by atoms with Gasteiger partial charge in [-0.15, -0.1) is 5.92 Å². The zero-order valence-corrected chi connectivity index (χ0v) is 8.66. The minimum Gasteiger partial charge on any atom is -0.388 e. The Morgan fingerprint density at radius 1 is 1.36 bits per heavy atom. The zero-order valence-electron chi connectivity index (χ0n) is 8.66. The molecule has 0 radical (unpaired) electrons. The number of rotatable bonds is 8. The number of aliphatic hydroxyl groups excluding tert-OH is 1. The van der Waals surface area contributed by atoms with E-state index < -0.39 is 6.10 Å². The quantitative estimate of drug-likeness (QED) is 0.420. The monoisotopic (exact) mass is 201 g/mol. The van der Waals surface area contributed by atoms with Crippen molar-refractivity contribution in [1.29, 1.82) is 0 Å². The summed E-state index contributed by atoms with van der Waals surface area (Å²) in [4.78, 5) is 0. The van der Waals surface area contributed by atoms with Crippen LogP contribution in [-0.2, 0) is 9.47 Å². The fraction of sp³-hybridized carbons (Fsp3) is 0.800. The van der Waals surface area contributed by atoms with Crippen molar-refractivity contribution in [2.45, 2.75) is 19.4 Å². The van der Waals surface area contributed by atoms with Gasteiger partial charge in [0.1, 0.15) is 12.7 Å². The number of aliphatic hydroxyl groups is 1. The van der Waals surface area contributed by atoms with Crippen LogP contribution >= 0.6 is 0 Å². The van der Waals surface area contributed by atoms with E-state index in [0.717, 1.165) is 6.42 Å². The summed E-state index contributed by atoms with van der Waals surface area (Å²) in [5.41, 5.74) is 5.28. The predicted molar refractivity (Wildman–Crippen MR) is 54.8 cm³/mol. The Morgan fingerprint density at radius 2 is 2.07 bits per heavy atom. The van der Waals surface area contributed by atoms with Crippen molar-refractivity contribution in [2.24, 2.45) is 5.73 Å². The van der Waals surface area contributed by atoms with Crippen LogP contribution in [0.2, 0.25) is 0 Å². The lowest BCUT2D eigenvalue weighted by Gasteiger charge is -2.10. The van der Waals surface area contributed by atoms with Gasteiger partial charge in [-0.25, -0.2) is 0 Å². The van der Waals surface area contributed by atoms with Gasteiger partial charge in [-0.1, -0.05) is 5.92 Å². The van der Waals surface area contributed by atoms with E-state index in [4.69, 9.17) is 15.2 Å². The smallest absolute Gasteiger partial charge is 0.107 e. The van der Waals surface area contributed by atoms with Gasteiger partial charge in [-0.2, -0.15) is 0 Å². The molecule has 0 spiro atoms. The molecular weight excluding hydrogens is 182 g/mol. The average Bonchev–Trinajstić information content (AvgIpc) is 2.19. The Labute approximate surface area is 85.4 Å². The molecule has 0 aromatic heterocycles. The third-order valence-electron chi connectivity index (χ3n) is 1.46. The van der Waals surface area contributed by atoms with Crippen molar-refractivity contribution in [1.82, 2.24) is 0 Å². The van der Waals surface area contributed by atoms with Crippen molar-refractivity contribution >= 4 is 0 Å². The molecule has 0 fully saturated rings. The van der Waals surface area contributed by atoms with Gasteiger partial charge in [0, 0.05) is 6.61 Å². The summed E-state index contributed by atoms with van der Waals surface area (Å²) >= 11 is 0. The molecule has 0 aliphatic rings. The number of hydrogen-bond acceptors (Lipinski definition) is 4. The highest BCUT2D eigenvalue weighted by Gasteiger charge is 2.02. The molecule has 0 aliphatic heterocycles. The average molecular weight is 201 g/mol. The lowest BCUT2D eigenvalue weighted by Crippen LogP contribution is -2.22. The molecule has 4 heteroatoms. The lowest BCUT2D eigenvalue weighted by atomic mass is 10.4. The van der Waals surface area contributed by atoms with Crippen LogP contribution in [0.25, 0.3) is 0 Å². The van der Waals surface area contributed by atoms with Crippen molar-refractivity contribution in [3.63, 3.8) is 0 Å². The highest BCUT2D eigenvalue weighted by atomic mass is 16.5. The fourth-order valence-corrected chi connectivity index (χ4v) is 0.771. The highest BCUT2D eigenvalue weighted by molar-refractivity contribution is 4.94. The van der Waals surface area contributed by atoms with Crippen molar-refractivity contribution < 1.29 is 14.6 Å². The summed E-state index contributed by atoms with van der Waals surface area (Å²) in [6.45, 7) is 3.85. The van der Waals surface area contributed by atoms with Gasteiger partial charge in [0.15, 0.2) is 0 Å². The molecule has 0 bridgehead atoms. The second-order valence-electron chi connectivity index (χ2n) is 2.81. The maximum absolute atomic E-state index is 9.32. The lowest BCUT2D eigenvalue weighted by molar-refractivity contribution is -0.0121. The molecule has 0 aromatic carbocycles. The van der Waals surface area contributed by atoms with E-state index in [0.29, 0.717) is 26.4 Å². The van der Waals surface area contributed by atoms with E-state index in [1.807, 2.05) is 0 Å². The Morgan fingerprint density at radius 3 is 2.71 bits per heavy atom. The molecule has 0 heterocycles. The van der Waals surface area contributed by atoms with Crippen LogP contribution in [0.1, 0.15) is 13.3 Å². The maximum atomic E-state index is 9.32. The zero-order chi connectivity index (χ0) is 10.6. The van der Waals surface area contributed by atoms with E-state index in [2.05, 4.69) is 11.8 Å². The predicted octanol–water partition coefficient (Wildman–Crippen LogP) is -0.247. The molecule has 0 aliphatic carbocycles. The van der Waals surface area contributed by atoms with Crippen molar-refractivity contribution in [2.75, 3.05) is 33.0 Å². The van der Waals surface area contributed by atoms with Crippen molar-refractivity contribution in [3.8, 4) is 11.8 Å². The van der Waals surface area contributed by atoms with Crippen LogP contribution in [0.3, 0.4) is 0 Å². The SMILES string of the molecule is CC#CCOCC(O)COCCCN. The second kappa shape index (κ2) is 10.5. The van der Waals surface area contributed by atoms with E-state index >= 15 is 0 Å². The largest absolute Gasteiger partial charge is 0.388 e. The Kier molecular flexibility index (Phi) is 10.0. The summed E-state index contributed by atoms with van der Waals surface area (Å²) in [5.74, 6) is 5.44. The van der Waals surface area contributed by atoms with Crippen LogP contribution in [0.15, 0.2) is 0 Å². The summed E-state index contributed by atoms with van der Waals surface area (Å²) in [6.07, 6.45) is 0.237. The van der Waals surface area contributed by atoms with E-state index in [1.165, 1.54) is 0 Å². The van der Waals surface area contributed by atoms with Crippen LogP contribution in [0.4, 0.5) is 0 Å². The van der Waals surface area contributed by atoms with Gasteiger partial charge in [0.05, 0.1) is 13.2 Å². The minimum absolute atomic E-state index is 0.261. The van der Waals surface area contributed by atoms with E-state index in [9.17, 15) is 5.11 Å². The molecule has 1 atom stereocenters. The van der Waals surface area contributed by atoms with Gasteiger partial charge in [0.25, 0.3) is 0 Å². The number of ether oxygens (including phenoxy) is 2. The van der Waals surface area contributed by atoms with Crippen LogP contribution < -0.4 is 5.73 Å². The third-order valence-corrected chi connectivity index (χ3v) is 1.46. The first-order valence-corrected chi connectivity index (χ1v) is 4.74. The first kappa shape index (κ1) is 13.4. The first-order chi connectivity index (χ1) is 6.81. The molecular formula is C10H19NO3. The summed E-state index contributed by atoms with van der Waals surface area (Å²) in [5, 5.41) is 9.32. The summed E-state index contributed by atoms with van der Waals surface area (Å²) in [6, 6.07) is 0. The maximum Gasteiger partial charge on any atom is 0.107 e. The molecule has 0 saturated carbocycles. The second-order valence-corrected chi connectivity index (χ2v) is 2.81. The van der Waals surface area contributed by atoms with Gasteiger partial charge >= 0.3 is 0 Å². The van der Waals surface area contributed by atoms with Gasteiger partial charge < -0.3 is 20.3 Å². The normalized spacial score (nSPS) is 11.9. The van der Waals surface area contributed by atoms with Crippen molar-refractivity contribution in [3.05, 3.63) is 0 Å². The molecule has 4 nitrogen and oxygen atoms in total. The van der Waals surface area contributed by atoms with Crippen LogP contribution in [0.5, 0.6) is 0 Å². The van der Waals surface area contributed by atoms with Gasteiger partial charge in [-0.3, -0.25) is 0 Å². The topological polar surface area (TPSA) is 64.7 Å². The van der Waals surface area contributed by atoms with Gasteiger partial charge in [0.2, 0.25) is 0 Å². The molecule has 0 saturated heterocycles. The highest BCUT2D eigenvalue weighted by Crippen LogP contribution is 1.88. The minimum atomic E-state index is -0.577. The van der Waals surface area contributed by atoms with Crippen LogP contribution in [0, 0.1) is 11.8 Å². The standard InChI is InChI=1S/C10H19NO3/c1-2-3-6-13-8-10(12)9-14-7-4-5-11/h10,12H,4-9,11H2,1H3. The van der Waals surface area contributed by atoms with Crippen LogP contribution in [-0.4, -0.2) is 44.2 Å². The Bertz CT molecular complexity index is 174. The number of hydrogen-bond donors (Lipinski definition) is 2. The van der Waals surface area contributed by atoms with E-state index in [-0.39, 0.29) is 6.61 Å². The number of nitrogens with two attached hydrogens (primary N) is 1. The summed E-state index contributed by atoms with van der Waals surface area (Å²) in [7, 11) is 0. The molecule has 3 N–H and O–H groups in total. The molecule has 0 rings (SSSR count). The van der Waals surface area contributed by atoms with Gasteiger partial charge in [-0.05, 0) is 19.9 Å². The Balaban J connectivity index is 3.17. The molecule has 1 unspecified atom stereocenters. The molecule has 0 amide bonds. The molecule has 0 aromatic rings.